The van der Waals surface area contributed by atoms with Gasteiger partial charge in [0, 0.05) is 32.3 Å². The number of benzene rings is 2. The molecule has 0 N–H and O–H groups in total. The number of esters is 1. The molecular formula is C27H23BrCl2N2O3. The zero-order chi connectivity index (χ0) is 25.4. The van der Waals surface area contributed by atoms with E-state index < -0.39 is 5.97 Å². The molecule has 1 aliphatic heterocycles. The second kappa shape index (κ2) is 10.1. The van der Waals surface area contributed by atoms with Crippen LogP contribution in [0.4, 0.5) is 5.69 Å². The number of ether oxygens (including phenoxy) is 1. The molecule has 4 rings (SSSR count). The van der Waals surface area contributed by atoms with E-state index in [9.17, 15) is 9.59 Å². The molecule has 0 spiro atoms. The Hall–Kier alpha value is -2.80. The highest BCUT2D eigenvalue weighted by atomic mass is 79.9. The monoisotopic (exact) mass is 572 g/mol. The molecule has 0 aliphatic carbocycles. The lowest BCUT2D eigenvalue weighted by Gasteiger charge is -2.18. The Bertz CT molecular complexity index is 1400. The fraction of sp³-hybridized carbons (Fsp3) is 0.185. The number of amides is 1. The van der Waals surface area contributed by atoms with E-state index in [1.54, 1.807) is 38.1 Å². The molecule has 0 fully saturated rings. The van der Waals surface area contributed by atoms with Crippen molar-refractivity contribution in [3.63, 3.8) is 0 Å². The van der Waals surface area contributed by atoms with Gasteiger partial charge in [0.15, 0.2) is 0 Å². The molecule has 0 unspecified atom stereocenters. The maximum Gasteiger partial charge on any atom is 0.340 e. The minimum absolute atomic E-state index is 0.206. The number of aryl methyl sites for hydroxylation is 1. The van der Waals surface area contributed by atoms with Crippen LogP contribution >= 0.6 is 39.1 Å². The van der Waals surface area contributed by atoms with Crippen LogP contribution in [0, 0.1) is 13.8 Å². The van der Waals surface area contributed by atoms with E-state index in [4.69, 9.17) is 27.9 Å². The third-order valence-corrected chi connectivity index (χ3v) is 6.97. The van der Waals surface area contributed by atoms with Gasteiger partial charge >= 0.3 is 5.97 Å². The van der Waals surface area contributed by atoms with Crippen LogP contribution in [0.3, 0.4) is 0 Å². The second-order valence-electron chi connectivity index (χ2n) is 8.11. The molecule has 0 radical (unpaired) electrons. The molecule has 180 valence electrons. The minimum Gasteiger partial charge on any atom is -0.462 e. The average Bonchev–Trinajstić information content (AvgIpc) is 3.22. The molecule has 8 heteroatoms. The Labute approximate surface area is 222 Å². The van der Waals surface area contributed by atoms with Gasteiger partial charge in [0.25, 0.3) is 5.91 Å². The first kappa shape index (κ1) is 25.3. The van der Waals surface area contributed by atoms with Crippen LogP contribution in [0.5, 0.6) is 0 Å². The smallest absolute Gasteiger partial charge is 0.340 e. The fourth-order valence-electron chi connectivity index (χ4n) is 4.30. The van der Waals surface area contributed by atoms with Gasteiger partial charge in [-0.25, -0.2) is 4.79 Å². The van der Waals surface area contributed by atoms with Gasteiger partial charge in [0.2, 0.25) is 0 Å². The number of carbonyl (C=O) groups excluding carboxylic acids is 2. The lowest BCUT2D eigenvalue weighted by molar-refractivity contribution is -0.138. The Kier molecular flexibility index (Phi) is 7.27. The summed E-state index contributed by atoms with van der Waals surface area (Å²) in [4.78, 5) is 28.1. The highest BCUT2D eigenvalue weighted by Gasteiger charge is 2.38. The maximum atomic E-state index is 13.6. The first-order valence-electron chi connectivity index (χ1n) is 11.0. The predicted molar refractivity (Wildman–Crippen MR) is 144 cm³/mol. The quantitative estimate of drug-likeness (QED) is 0.235. The normalized spacial score (nSPS) is 14.9. The Morgan fingerprint density at radius 2 is 1.74 bits per heavy atom. The molecule has 0 bridgehead atoms. The zero-order valence-corrected chi connectivity index (χ0v) is 22.8. The third-order valence-electron chi connectivity index (χ3n) is 5.88. The summed E-state index contributed by atoms with van der Waals surface area (Å²) in [6.07, 6.45) is 1.74. The summed E-state index contributed by atoms with van der Waals surface area (Å²) in [5.41, 5.74) is 5.01. The summed E-state index contributed by atoms with van der Waals surface area (Å²) in [5, 5.41) is 1.12. The van der Waals surface area contributed by atoms with Crippen molar-refractivity contribution in [1.29, 1.82) is 0 Å². The standard InChI is InChI=1S/C27H23BrCl2N2O3/c1-5-35-27(34)25-17(4)32(21-9-6-19(28)7-10-21)26(33)22(25)13-18-12-15(2)31(16(18)3)24-14-20(29)8-11-23(24)30/h6-14H,5H2,1-4H3/b22-13-. The van der Waals surface area contributed by atoms with E-state index in [0.717, 1.165) is 27.1 Å². The van der Waals surface area contributed by atoms with Crippen molar-refractivity contribution < 1.29 is 14.3 Å². The predicted octanol–water partition coefficient (Wildman–Crippen LogP) is 7.43. The van der Waals surface area contributed by atoms with Gasteiger partial charge in [-0.2, -0.15) is 0 Å². The maximum absolute atomic E-state index is 13.6. The molecule has 0 saturated heterocycles. The second-order valence-corrected chi connectivity index (χ2v) is 9.87. The molecule has 0 atom stereocenters. The van der Waals surface area contributed by atoms with Gasteiger partial charge < -0.3 is 9.30 Å². The van der Waals surface area contributed by atoms with E-state index in [1.807, 2.05) is 48.7 Å². The van der Waals surface area contributed by atoms with Crippen molar-refractivity contribution in [2.24, 2.45) is 0 Å². The first-order valence-corrected chi connectivity index (χ1v) is 12.5. The fourth-order valence-corrected chi connectivity index (χ4v) is 4.93. The zero-order valence-electron chi connectivity index (χ0n) is 19.7. The summed E-state index contributed by atoms with van der Waals surface area (Å²) < 4.78 is 8.18. The average molecular weight is 574 g/mol. The van der Waals surface area contributed by atoms with Crippen molar-refractivity contribution in [3.8, 4) is 5.69 Å². The Morgan fingerprint density at radius 1 is 1.06 bits per heavy atom. The van der Waals surface area contributed by atoms with Crippen LogP contribution in [-0.2, 0) is 14.3 Å². The summed E-state index contributed by atoms with van der Waals surface area (Å²) in [5.74, 6) is -0.825. The Balaban J connectivity index is 1.86. The van der Waals surface area contributed by atoms with Crippen LogP contribution in [0.2, 0.25) is 10.0 Å². The van der Waals surface area contributed by atoms with Crippen LogP contribution in [0.25, 0.3) is 11.8 Å². The molecule has 35 heavy (non-hydrogen) atoms. The van der Waals surface area contributed by atoms with Crippen LogP contribution in [0.15, 0.2) is 69.8 Å². The number of anilines is 1. The lowest BCUT2D eigenvalue weighted by Crippen LogP contribution is -2.24. The lowest BCUT2D eigenvalue weighted by atomic mass is 10.0. The van der Waals surface area contributed by atoms with Crippen molar-refractivity contribution in [1.82, 2.24) is 4.57 Å². The molecule has 1 aromatic heterocycles. The number of halogens is 3. The van der Waals surface area contributed by atoms with Crippen molar-refractivity contribution in [2.45, 2.75) is 27.7 Å². The van der Waals surface area contributed by atoms with Gasteiger partial charge in [-0.1, -0.05) is 39.1 Å². The topological polar surface area (TPSA) is 51.5 Å². The summed E-state index contributed by atoms with van der Waals surface area (Å²) >= 11 is 16.1. The van der Waals surface area contributed by atoms with E-state index in [0.29, 0.717) is 21.4 Å². The van der Waals surface area contributed by atoms with Gasteiger partial charge in [0.05, 0.1) is 28.5 Å². The van der Waals surface area contributed by atoms with Crippen LogP contribution < -0.4 is 4.90 Å². The van der Waals surface area contributed by atoms with Gasteiger partial charge in [-0.15, -0.1) is 0 Å². The highest BCUT2D eigenvalue weighted by molar-refractivity contribution is 9.10. The molecular weight excluding hydrogens is 551 g/mol. The molecule has 2 heterocycles. The number of carbonyl (C=O) groups is 2. The molecule has 5 nitrogen and oxygen atoms in total. The molecule has 1 amide bonds. The minimum atomic E-state index is -0.532. The number of allylic oxidation sites excluding steroid dienone is 1. The molecule has 2 aromatic carbocycles. The number of rotatable bonds is 5. The number of nitrogens with zero attached hydrogens (tertiary/aromatic N) is 2. The van der Waals surface area contributed by atoms with Crippen LogP contribution in [-0.4, -0.2) is 23.1 Å². The summed E-state index contributed by atoms with van der Waals surface area (Å²) in [7, 11) is 0. The molecule has 3 aromatic rings. The van der Waals surface area contributed by atoms with Crippen molar-refractivity contribution in [2.75, 3.05) is 11.5 Å². The van der Waals surface area contributed by atoms with E-state index >= 15 is 0 Å². The first-order chi connectivity index (χ1) is 16.6. The Morgan fingerprint density at radius 3 is 2.40 bits per heavy atom. The van der Waals surface area contributed by atoms with Crippen LogP contribution in [0.1, 0.15) is 30.8 Å². The van der Waals surface area contributed by atoms with E-state index in [1.165, 1.54) is 4.90 Å². The van der Waals surface area contributed by atoms with Gasteiger partial charge in [-0.05, 0) is 87.9 Å². The van der Waals surface area contributed by atoms with E-state index in [-0.39, 0.29) is 23.7 Å². The third kappa shape index (κ3) is 4.70. The SMILES string of the molecule is CCOC(=O)C1=C(C)N(c2ccc(Br)cc2)C(=O)/C1=C\c1cc(C)n(-c2cc(Cl)ccc2Cl)c1C. The van der Waals surface area contributed by atoms with Crippen molar-refractivity contribution in [3.05, 3.63) is 96.8 Å². The van der Waals surface area contributed by atoms with Crippen molar-refractivity contribution >= 4 is 62.8 Å². The number of aromatic nitrogens is 1. The summed E-state index contributed by atoms with van der Waals surface area (Å²) in [6, 6.07) is 14.6. The highest BCUT2D eigenvalue weighted by Crippen LogP contribution is 2.37. The van der Waals surface area contributed by atoms with E-state index in [2.05, 4.69) is 15.9 Å². The molecule has 1 aliphatic rings. The van der Waals surface area contributed by atoms with Gasteiger partial charge in [-0.3, -0.25) is 9.69 Å². The largest absolute Gasteiger partial charge is 0.462 e. The summed E-state index contributed by atoms with van der Waals surface area (Å²) in [6.45, 7) is 7.58. The number of hydrogen-bond acceptors (Lipinski definition) is 3. The molecule has 0 saturated carbocycles. The number of hydrogen-bond donors (Lipinski definition) is 0. The van der Waals surface area contributed by atoms with Gasteiger partial charge in [0.1, 0.15) is 0 Å².